The summed E-state index contributed by atoms with van der Waals surface area (Å²) >= 11 is 0. The first-order chi connectivity index (χ1) is 38.0. The summed E-state index contributed by atoms with van der Waals surface area (Å²) in [6.07, 6.45) is 81.7. The van der Waals surface area contributed by atoms with Crippen molar-refractivity contribution >= 4 is 17.9 Å². The molecule has 0 N–H and O–H groups in total. The minimum Gasteiger partial charge on any atom is -0.462 e. The van der Waals surface area contributed by atoms with Gasteiger partial charge in [0.1, 0.15) is 13.2 Å². The zero-order valence-electron chi connectivity index (χ0n) is 52.0. The lowest BCUT2D eigenvalue weighted by molar-refractivity contribution is -0.167. The molecule has 0 fully saturated rings. The van der Waals surface area contributed by atoms with Crippen LogP contribution in [0.1, 0.15) is 380 Å². The van der Waals surface area contributed by atoms with Crippen LogP contribution in [0.3, 0.4) is 0 Å². The SMILES string of the molecule is CCCCCC/C=C\CCCCCCCC(=O)OCC(COC(=O)CCCCCCCCCCCCCCCCC/C=C\C/C=C\CCCCCCC)OC(=O)CCCCCCCCCCCCCCCCCCCCC. The van der Waals surface area contributed by atoms with E-state index in [4.69, 9.17) is 14.2 Å². The molecule has 6 heteroatoms. The second-order valence-corrected chi connectivity index (χ2v) is 23.4. The molecule has 1 atom stereocenters. The molecule has 0 aromatic carbocycles. The van der Waals surface area contributed by atoms with Crippen molar-refractivity contribution in [2.45, 2.75) is 386 Å². The minimum atomic E-state index is -0.773. The van der Waals surface area contributed by atoms with Gasteiger partial charge in [-0.2, -0.15) is 0 Å². The van der Waals surface area contributed by atoms with E-state index in [1.165, 1.54) is 270 Å². The van der Waals surface area contributed by atoms with E-state index < -0.39 is 6.10 Å². The zero-order valence-corrected chi connectivity index (χ0v) is 52.0. The Morgan fingerprint density at radius 3 is 0.740 bits per heavy atom. The molecule has 0 saturated heterocycles. The number of hydrogen-bond donors (Lipinski definition) is 0. The molecule has 0 heterocycles. The molecule has 452 valence electrons. The number of rotatable bonds is 64. The average molecular weight is 1080 g/mol. The normalized spacial score (nSPS) is 12.2. The van der Waals surface area contributed by atoms with E-state index in [1.54, 1.807) is 0 Å². The Balaban J connectivity index is 4.21. The predicted molar refractivity (Wildman–Crippen MR) is 335 cm³/mol. The first kappa shape index (κ1) is 74.6. The van der Waals surface area contributed by atoms with E-state index in [0.29, 0.717) is 19.3 Å². The van der Waals surface area contributed by atoms with Gasteiger partial charge in [-0.05, 0) is 77.0 Å². The monoisotopic (exact) mass is 1080 g/mol. The van der Waals surface area contributed by atoms with Gasteiger partial charge in [0.25, 0.3) is 0 Å². The Morgan fingerprint density at radius 2 is 0.468 bits per heavy atom. The lowest BCUT2D eigenvalue weighted by Crippen LogP contribution is -2.30. The molecule has 0 aromatic heterocycles. The molecule has 0 bridgehead atoms. The Labute approximate surface area is 480 Å². The van der Waals surface area contributed by atoms with Crippen LogP contribution in [0.25, 0.3) is 0 Å². The Morgan fingerprint density at radius 1 is 0.260 bits per heavy atom. The molecule has 0 rings (SSSR count). The number of hydrogen-bond acceptors (Lipinski definition) is 6. The van der Waals surface area contributed by atoms with E-state index in [9.17, 15) is 14.4 Å². The summed E-state index contributed by atoms with van der Waals surface area (Å²) < 4.78 is 17.0. The third kappa shape index (κ3) is 64.3. The van der Waals surface area contributed by atoms with Crippen LogP contribution in [0.15, 0.2) is 36.5 Å². The van der Waals surface area contributed by atoms with Crippen LogP contribution in [0.2, 0.25) is 0 Å². The summed E-state index contributed by atoms with van der Waals surface area (Å²) in [6, 6.07) is 0. The number of allylic oxidation sites excluding steroid dienone is 6. The number of esters is 3. The fourth-order valence-electron chi connectivity index (χ4n) is 10.4. The van der Waals surface area contributed by atoms with Crippen molar-refractivity contribution in [1.82, 2.24) is 0 Å². The third-order valence-electron chi connectivity index (χ3n) is 15.6. The largest absolute Gasteiger partial charge is 0.462 e. The van der Waals surface area contributed by atoms with Crippen molar-refractivity contribution < 1.29 is 28.6 Å². The summed E-state index contributed by atoms with van der Waals surface area (Å²) in [7, 11) is 0. The Bertz CT molecular complexity index is 1290. The van der Waals surface area contributed by atoms with Crippen LogP contribution in [-0.4, -0.2) is 37.2 Å². The highest BCUT2D eigenvalue weighted by molar-refractivity contribution is 5.71. The first-order valence-corrected chi connectivity index (χ1v) is 34.5. The van der Waals surface area contributed by atoms with Gasteiger partial charge in [0.05, 0.1) is 0 Å². The average Bonchev–Trinajstić information content (AvgIpc) is 3.43. The highest BCUT2D eigenvalue weighted by Gasteiger charge is 2.19. The predicted octanol–water partition coefficient (Wildman–Crippen LogP) is 23.6. The smallest absolute Gasteiger partial charge is 0.306 e. The van der Waals surface area contributed by atoms with Gasteiger partial charge < -0.3 is 14.2 Å². The molecule has 0 aliphatic rings. The van der Waals surface area contributed by atoms with Crippen molar-refractivity contribution in [2.75, 3.05) is 13.2 Å². The van der Waals surface area contributed by atoms with Crippen molar-refractivity contribution in [2.24, 2.45) is 0 Å². The van der Waals surface area contributed by atoms with E-state index in [1.807, 2.05) is 0 Å². The third-order valence-corrected chi connectivity index (χ3v) is 15.6. The van der Waals surface area contributed by atoms with E-state index in [0.717, 1.165) is 70.6 Å². The summed E-state index contributed by atoms with van der Waals surface area (Å²) in [5, 5.41) is 0. The molecule has 0 aliphatic carbocycles. The molecule has 6 nitrogen and oxygen atoms in total. The quantitative estimate of drug-likeness (QED) is 0.0261. The maximum absolute atomic E-state index is 12.9. The maximum Gasteiger partial charge on any atom is 0.306 e. The van der Waals surface area contributed by atoms with Gasteiger partial charge in [0, 0.05) is 19.3 Å². The summed E-state index contributed by atoms with van der Waals surface area (Å²) in [4.78, 5) is 38.4. The number of carbonyl (C=O) groups is 3. The fraction of sp³-hybridized carbons (Fsp3) is 0.873. The van der Waals surface area contributed by atoms with Gasteiger partial charge in [0.2, 0.25) is 0 Å². The van der Waals surface area contributed by atoms with E-state index in [-0.39, 0.29) is 31.1 Å². The van der Waals surface area contributed by atoms with Gasteiger partial charge in [0.15, 0.2) is 6.10 Å². The van der Waals surface area contributed by atoms with Crippen LogP contribution in [0, 0.1) is 0 Å². The summed E-state index contributed by atoms with van der Waals surface area (Å²) in [5.41, 5.74) is 0. The second kappa shape index (κ2) is 66.1. The standard InChI is InChI=1S/C71H132O6/c1-4-7-10-13-16-19-22-25-27-29-31-32-33-34-35-36-37-38-40-41-43-46-49-52-55-58-61-64-70(73)76-67-68(66-75-69(72)63-60-57-54-51-48-45-24-21-18-15-12-9-6-3)77-71(74)65-62-59-56-53-50-47-44-42-39-30-28-26-23-20-17-14-11-8-5-2/h21-22,24-25,29,31,68H,4-20,23,26-28,30,32-67H2,1-3H3/b24-21-,25-22-,31-29-. The molecule has 1 unspecified atom stereocenters. The van der Waals surface area contributed by atoms with Gasteiger partial charge in [-0.15, -0.1) is 0 Å². The summed E-state index contributed by atoms with van der Waals surface area (Å²) in [5.74, 6) is -0.851. The molecule has 0 aliphatic heterocycles. The van der Waals surface area contributed by atoms with Crippen molar-refractivity contribution in [3.63, 3.8) is 0 Å². The highest BCUT2D eigenvalue weighted by atomic mass is 16.6. The second-order valence-electron chi connectivity index (χ2n) is 23.4. The number of unbranched alkanes of at least 4 members (excludes halogenated alkanes) is 47. The highest BCUT2D eigenvalue weighted by Crippen LogP contribution is 2.18. The molecule has 0 spiro atoms. The Kier molecular flexibility index (Phi) is 64.1. The van der Waals surface area contributed by atoms with Gasteiger partial charge in [-0.25, -0.2) is 0 Å². The maximum atomic E-state index is 12.9. The van der Waals surface area contributed by atoms with E-state index in [2.05, 4.69) is 57.2 Å². The van der Waals surface area contributed by atoms with Crippen LogP contribution in [0.5, 0.6) is 0 Å². The molecular formula is C71H132O6. The van der Waals surface area contributed by atoms with E-state index >= 15 is 0 Å². The van der Waals surface area contributed by atoms with Crippen molar-refractivity contribution in [1.29, 1.82) is 0 Å². The topological polar surface area (TPSA) is 78.9 Å². The van der Waals surface area contributed by atoms with Crippen molar-refractivity contribution in [3.05, 3.63) is 36.5 Å². The lowest BCUT2D eigenvalue weighted by Gasteiger charge is -2.18. The van der Waals surface area contributed by atoms with Crippen LogP contribution in [0.4, 0.5) is 0 Å². The van der Waals surface area contributed by atoms with Crippen LogP contribution < -0.4 is 0 Å². The molecule has 77 heavy (non-hydrogen) atoms. The summed E-state index contributed by atoms with van der Waals surface area (Å²) in [6.45, 7) is 6.68. The van der Waals surface area contributed by atoms with Gasteiger partial charge >= 0.3 is 17.9 Å². The zero-order chi connectivity index (χ0) is 55.7. The van der Waals surface area contributed by atoms with Gasteiger partial charge in [-0.3, -0.25) is 14.4 Å². The molecule has 0 radical (unpaired) electrons. The van der Waals surface area contributed by atoms with Gasteiger partial charge in [-0.1, -0.05) is 320 Å². The molecule has 0 saturated carbocycles. The molecule has 0 aromatic rings. The lowest BCUT2D eigenvalue weighted by atomic mass is 10.0. The number of carbonyl (C=O) groups excluding carboxylic acids is 3. The first-order valence-electron chi connectivity index (χ1n) is 34.5. The van der Waals surface area contributed by atoms with Crippen LogP contribution >= 0.6 is 0 Å². The van der Waals surface area contributed by atoms with Crippen LogP contribution in [-0.2, 0) is 28.6 Å². The van der Waals surface area contributed by atoms with Crippen molar-refractivity contribution in [3.8, 4) is 0 Å². The minimum absolute atomic E-state index is 0.0696. The fourth-order valence-corrected chi connectivity index (χ4v) is 10.4. The molecular weight excluding hydrogens is 949 g/mol. The molecule has 0 amide bonds. The number of ether oxygens (including phenoxy) is 3. The Hall–Kier alpha value is -2.37.